The van der Waals surface area contributed by atoms with Crippen molar-refractivity contribution in [3.8, 4) is 0 Å². The normalized spacial score (nSPS) is 12.4. The minimum atomic E-state index is 0.209. The van der Waals surface area contributed by atoms with Gasteiger partial charge in [-0.2, -0.15) is 0 Å². The van der Waals surface area contributed by atoms with E-state index >= 15 is 0 Å². The summed E-state index contributed by atoms with van der Waals surface area (Å²) in [5.74, 6) is 2.51. The van der Waals surface area contributed by atoms with E-state index in [1.54, 1.807) is 6.26 Å². The van der Waals surface area contributed by atoms with E-state index in [-0.39, 0.29) is 6.04 Å². The monoisotopic (exact) mass is 279 g/mol. The zero-order valence-corrected chi connectivity index (χ0v) is 12.2. The van der Waals surface area contributed by atoms with E-state index in [4.69, 9.17) is 16.0 Å². The number of furan rings is 1. The molecule has 1 atom stereocenters. The van der Waals surface area contributed by atoms with Crippen LogP contribution in [0.15, 0.2) is 22.8 Å². The maximum absolute atomic E-state index is 6.11. The van der Waals surface area contributed by atoms with Crippen LogP contribution in [0, 0.1) is 6.92 Å². The molecule has 0 saturated carbocycles. The van der Waals surface area contributed by atoms with Crippen molar-refractivity contribution in [3.63, 3.8) is 0 Å². The molecule has 4 nitrogen and oxygen atoms in total. The molecule has 0 radical (unpaired) electrons. The standard InChI is InChI=1S/C14H18ClN3O/c1-4-12-17-13(15)10(3)14(18-12)16-9(2)8-11-6-5-7-19-11/h5-7,9H,4,8H2,1-3H3,(H,16,17,18). The Bertz CT molecular complexity index is 540. The fourth-order valence-electron chi connectivity index (χ4n) is 1.85. The van der Waals surface area contributed by atoms with Crippen LogP contribution in [0.25, 0.3) is 0 Å². The smallest absolute Gasteiger partial charge is 0.137 e. The quantitative estimate of drug-likeness (QED) is 0.849. The van der Waals surface area contributed by atoms with Gasteiger partial charge in [-0.05, 0) is 26.0 Å². The molecule has 0 aromatic carbocycles. The van der Waals surface area contributed by atoms with Crippen molar-refractivity contribution in [2.24, 2.45) is 0 Å². The van der Waals surface area contributed by atoms with Gasteiger partial charge in [0.1, 0.15) is 22.6 Å². The molecule has 0 aliphatic rings. The molecule has 19 heavy (non-hydrogen) atoms. The zero-order valence-electron chi connectivity index (χ0n) is 11.4. The van der Waals surface area contributed by atoms with Gasteiger partial charge in [-0.3, -0.25) is 0 Å². The molecule has 0 spiro atoms. The van der Waals surface area contributed by atoms with E-state index in [9.17, 15) is 0 Å². The second-order valence-electron chi connectivity index (χ2n) is 4.59. The highest BCUT2D eigenvalue weighted by Gasteiger charge is 2.12. The van der Waals surface area contributed by atoms with Crippen molar-refractivity contribution >= 4 is 17.4 Å². The summed E-state index contributed by atoms with van der Waals surface area (Å²) in [6, 6.07) is 4.07. The summed E-state index contributed by atoms with van der Waals surface area (Å²) >= 11 is 6.11. The van der Waals surface area contributed by atoms with Gasteiger partial charge >= 0.3 is 0 Å². The van der Waals surface area contributed by atoms with Crippen LogP contribution in [0.5, 0.6) is 0 Å². The van der Waals surface area contributed by atoms with Crippen LogP contribution in [0.3, 0.4) is 0 Å². The fourth-order valence-corrected chi connectivity index (χ4v) is 2.03. The molecular formula is C14H18ClN3O. The van der Waals surface area contributed by atoms with Gasteiger partial charge < -0.3 is 9.73 Å². The van der Waals surface area contributed by atoms with Crippen molar-refractivity contribution in [1.82, 2.24) is 9.97 Å². The predicted molar refractivity (Wildman–Crippen MR) is 76.7 cm³/mol. The predicted octanol–water partition coefficient (Wildman–Crippen LogP) is 3.64. The Morgan fingerprint density at radius 1 is 1.42 bits per heavy atom. The molecule has 0 fully saturated rings. The molecule has 102 valence electrons. The van der Waals surface area contributed by atoms with Crippen molar-refractivity contribution < 1.29 is 4.42 Å². The number of nitrogens with zero attached hydrogens (tertiary/aromatic N) is 2. The van der Waals surface area contributed by atoms with Crippen LogP contribution in [0.2, 0.25) is 5.15 Å². The summed E-state index contributed by atoms with van der Waals surface area (Å²) in [5, 5.41) is 3.88. The minimum absolute atomic E-state index is 0.209. The topological polar surface area (TPSA) is 51.0 Å². The second-order valence-corrected chi connectivity index (χ2v) is 4.94. The third kappa shape index (κ3) is 3.47. The number of hydrogen-bond acceptors (Lipinski definition) is 4. The van der Waals surface area contributed by atoms with Gasteiger partial charge in [0, 0.05) is 24.4 Å². The lowest BCUT2D eigenvalue weighted by Gasteiger charge is -2.16. The number of aryl methyl sites for hydroxylation is 1. The Kier molecular flexibility index (Phi) is 4.43. The van der Waals surface area contributed by atoms with Gasteiger partial charge in [-0.1, -0.05) is 18.5 Å². The molecule has 0 saturated heterocycles. The van der Waals surface area contributed by atoms with Crippen molar-refractivity contribution in [1.29, 1.82) is 0 Å². The van der Waals surface area contributed by atoms with Crippen molar-refractivity contribution in [3.05, 3.63) is 40.7 Å². The average Bonchev–Trinajstić information content (AvgIpc) is 2.87. The van der Waals surface area contributed by atoms with E-state index in [2.05, 4.69) is 22.2 Å². The summed E-state index contributed by atoms with van der Waals surface area (Å²) in [4.78, 5) is 8.71. The van der Waals surface area contributed by atoms with E-state index in [0.29, 0.717) is 5.15 Å². The molecule has 0 bridgehead atoms. The van der Waals surface area contributed by atoms with Crippen molar-refractivity contribution in [2.75, 3.05) is 5.32 Å². The molecule has 2 heterocycles. The lowest BCUT2D eigenvalue weighted by Crippen LogP contribution is -2.20. The van der Waals surface area contributed by atoms with Gasteiger partial charge in [0.2, 0.25) is 0 Å². The summed E-state index contributed by atoms with van der Waals surface area (Å²) in [5.41, 5.74) is 0.880. The number of nitrogens with one attached hydrogen (secondary N) is 1. The molecule has 1 N–H and O–H groups in total. The molecular weight excluding hydrogens is 262 g/mol. The largest absolute Gasteiger partial charge is 0.469 e. The molecule has 2 aromatic heterocycles. The van der Waals surface area contributed by atoms with Gasteiger partial charge in [-0.25, -0.2) is 9.97 Å². The third-order valence-electron chi connectivity index (χ3n) is 2.92. The molecule has 0 aliphatic carbocycles. The first-order valence-electron chi connectivity index (χ1n) is 6.42. The highest BCUT2D eigenvalue weighted by molar-refractivity contribution is 6.30. The zero-order chi connectivity index (χ0) is 13.8. The van der Waals surface area contributed by atoms with Crippen LogP contribution in [0.4, 0.5) is 5.82 Å². The molecule has 2 rings (SSSR count). The maximum atomic E-state index is 6.11. The van der Waals surface area contributed by atoms with E-state index in [1.165, 1.54) is 0 Å². The first-order valence-corrected chi connectivity index (χ1v) is 6.80. The Morgan fingerprint density at radius 2 is 2.21 bits per heavy atom. The highest BCUT2D eigenvalue weighted by Crippen LogP contribution is 2.21. The molecule has 2 aromatic rings. The number of aromatic nitrogens is 2. The Hall–Kier alpha value is -1.55. The third-order valence-corrected chi connectivity index (χ3v) is 3.29. The first-order chi connectivity index (χ1) is 9.10. The van der Waals surface area contributed by atoms with Gasteiger partial charge in [0.05, 0.1) is 6.26 Å². The first kappa shape index (κ1) is 13.9. The molecule has 0 aliphatic heterocycles. The van der Waals surface area contributed by atoms with Crippen LogP contribution < -0.4 is 5.32 Å². The Labute approximate surface area is 118 Å². The van der Waals surface area contributed by atoms with Crippen LogP contribution in [0.1, 0.15) is 31.0 Å². The number of anilines is 1. The number of halogens is 1. The van der Waals surface area contributed by atoms with E-state index < -0.39 is 0 Å². The molecule has 5 heteroatoms. The van der Waals surface area contributed by atoms with E-state index in [1.807, 2.05) is 26.0 Å². The molecule has 0 amide bonds. The van der Waals surface area contributed by atoms with Gasteiger partial charge in [0.15, 0.2) is 0 Å². The summed E-state index contributed by atoms with van der Waals surface area (Å²) < 4.78 is 5.34. The van der Waals surface area contributed by atoms with E-state index in [0.717, 1.165) is 35.8 Å². The average molecular weight is 280 g/mol. The number of hydrogen-bond donors (Lipinski definition) is 1. The van der Waals surface area contributed by atoms with Gasteiger partial charge in [0.25, 0.3) is 0 Å². The molecule has 1 unspecified atom stereocenters. The summed E-state index contributed by atoms with van der Waals surface area (Å²) in [7, 11) is 0. The Balaban J connectivity index is 2.11. The van der Waals surface area contributed by atoms with Crippen molar-refractivity contribution in [2.45, 2.75) is 39.7 Å². The fraction of sp³-hybridized carbons (Fsp3) is 0.429. The lowest BCUT2D eigenvalue weighted by molar-refractivity contribution is 0.497. The van der Waals surface area contributed by atoms with Crippen LogP contribution in [-0.4, -0.2) is 16.0 Å². The SMILES string of the molecule is CCc1nc(Cl)c(C)c(NC(C)Cc2ccco2)n1. The highest BCUT2D eigenvalue weighted by atomic mass is 35.5. The summed E-state index contributed by atoms with van der Waals surface area (Å²) in [6.07, 6.45) is 3.25. The summed E-state index contributed by atoms with van der Waals surface area (Å²) in [6.45, 7) is 6.02. The van der Waals surface area contributed by atoms with Crippen LogP contribution in [-0.2, 0) is 12.8 Å². The van der Waals surface area contributed by atoms with Crippen LogP contribution >= 0.6 is 11.6 Å². The minimum Gasteiger partial charge on any atom is -0.469 e. The van der Waals surface area contributed by atoms with Gasteiger partial charge in [-0.15, -0.1) is 0 Å². The second kappa shape index (κ2) is 6.06. The Morgan fingerprint density at radius 3 is 2.84 bits per heavy atom. The number of rotatable bonds is 5. The maximum Gasteiger partial charge on any atom is 0.137 e. The lowest BCUT2D eigenvalue weighted by atomic mass is 10.2.